The van der Waals surface area contributed by atoms with Gasteiger partial charge in [-0.3, -0.25) is 0 Å². The highest BCUT2D eigenvalue weighted by molar-refractivity contribution is 4.85. The van der Waals surface area contributed by atoms with Gasteiger partial charge in [-0.05, 0) is 63.6 Å². The molecule has 1 saturated carbocycles. The summed E-state index contributed by atoms with van der Waals surface area (Å²) < 4.78 is 5.63. The number of hydrogen-bond donors (Lipinski definition) is 1. The summed E-state index contributed by atoms with van der Waals surface area (Å²) in [5, 5.41) is 3.75. The molecule has 118 valence electrons. The summed E-state index contributed by atoms with van der Waals surface area (Å²) in [5.41, 5.74) is 0. The van der Waals surface area contributed by atoms with Crippen molar-refractivity contribution < 1.29 is 4.74 Å². The molecule has 0 aromatic heterocycles. The first-order chi connectivity index (χ1) is 9.74. The lowest BCUT2D eigenvalue weighted by atomic mass is 9.94. The van der Waals surface area contributed by atoms with E-state index in [9.17, 15) is 0 Å². The van der Waals surface area contributed by atoms with Crippen LogP contribution in [0, 0.1) is 11.8 Å². The third kappa shape index (κ3) is 4.44. The first-order valence-corrected chi connectivity index (χ1v) is 8.73. The van der Waals surface area contributed by atoms with Gasteiger partial charge in [-0.2, -0.15) is 0 Å². The number of piperidine rings is 1. The summed E-state index contributed by atoms with van der Waals surface area (Å²) >= 11 is 0. The van der Waals surface area contributed by atoms with E-state index in [-0.39, 0.29) is 0 Å². The smallest absolute Gasteiger partial charge is 0.0724 e. The summed E-state index contributed by atoms with van der Waals surface area (Å²) in [4.78, 5) is 2.63. The van der Waals surface area contributed by atoms with Gasteiger partial charge < -0.3 is 15.0 Å². The Kier molecular flexibility index (Phi) is 6.79. The number of hydrogen-bond acceptors (Lipinski definition) is 3. The standard InChI is InChI=1S/C17H34N2O/c1-4-10-18-16-7-5-6-15(16)9-12-19-11-8-14(2)17(13-19)20-3/h14-18H,4-13H2,1-3H3. The van der Waals surface area contributed by atoms with Gasteiger partial charge in [0.15, 0.2) is 0 Å². The predicted octanol–water partition coefficient (Wildman–Crippen LogP) is 2.90. The lowest BCUT2D eigenvalue weighted by molar-refractivity contribution is -0.00645. The van der Waals surface area contributed by atoms with Crippen molar-refractivity contribution in [2.24, 2.45) is 11.8 Å². The van der Waals surface area contributed by atoms with Crippen molar-refractivity contribution in [1.29, 1.82) is 0 Å². The third-order valence-electron chi connectivity index (χ3n) is 5.41. The van der Waals surface area contributed by atoms with Crippen LogP contribution in [0.3, 0.4) is 0 Å². The monoisotopic (exact) mass is 282 g/mol. The fraction of sp³-hybridized carbons (Fsp3) is 1.00. The molecule has 0 spiro atoms. The van der Waals surface area contributed by atoms with Gasteiger partial charge in [0.1, 0.15) is 0 Å². The molecule has 2 aliphatic rings. The molecule has 0 radical (unpaired) electrons. The lowest BCUT2D eigenvalue weighted by Gasteiger charge is -2.37. The molecule has 4 unspecified atom stereocenters. The Balaban J connectivity index is 1.71. The molecule has 0 amide bonds. The number of rotatable bonds is 7. The van der Waals surface area contributed by atoms with Crippen molar-refractivity contribution in [2.75, 3.05) is 33.3 Å². The fourth-order valence-electron chi connectivity index (χ4n) is 3.94. The number of nitrogens with zero attached hydrogens (tertiary/aromatic N) is 1. The molecule has 1 heterocycles. The molecule has 1 aliphatic carbocycles. The van der Waals surface area contributed by atoms with Crippen LogP contribution in [0.5, 0.6) is 0 Å². The van der Waals surface area contributed by atoms with Crippen LogP contribution in [0.2, 0.25) is 0 Å². The zero-order valence-electron chi connectivity index (χ0n) is 13.7. The van der Waals surface area contributed by atoms with Crippen LogP contribution >= 0.6 is 0 Å². The molecule has 0 bridgehead atoms. The minimum atomic E-state index is 0.446. The Morgan fingerprint density at radius 1 is 1.25 bits per heavy atom. The summed E-state index contributed by atoms with van der Waals surface area (Å²) in [6.45, 7) is 9.44. The number of methoxy groups -OCH3 is 1. The Morgan fingerprint density at radius 3 is 2.85 bits per heavy atom. The van der Waals surface area contributed by atoms with Gasteiger partial charge >= 0.3 is 0 Å². The van der Waals surface area contributed by atoms with Gasteiger partial charge in [-0.1, -0.05) is 20.3 Å². The van der Waals surface area contributed by atoms with Crippen molar-refractivity contribution in [1.82, 2.24) is 10.2 Å². The van der Waals surface area contributed by atoms with E-state index in [0.29, 0.717) is 6.10 Å². The molecular formula is C17H34N2O. The minimum absolute atomic E-state index is 0.446. The third-order valence-corrected chi connectivity index (χ3v) is 5.41. The van der Waals surface area contributed by atoms with Crippen molar-refractivity contribution in [3.05, 3.63) is 0 Å². The second-order valence-corrected chi connectivity index (χ2v) is 6.88. The molecule has 3 heteroatoms. The second-order valence-electron chi connectivity index (χ2n) is 6.88. The van der Waals surface area contributed by atoms with E-state index in [4.69, 9.17) is 4.74 Å². The van der Waals surface area contributed by atoms with Crippen molar-refractivity contribution in [3.8, 4) is 0 Å². The van der Waals surface area contributed by atoms with E-state index in [1.807, 2.05) is 7.11 Å². The van der Waals surface area contributed by atoms with E-state index in [2.05, 4.69) is 24.1 Å². The largest absolute Gasteiger partial charge is 0.380 e. The molecule has 20 heavy (non-hydrogen) atoms. The van der Waals surface area contributed by atoms with Gasteiger partial charge in [0.05, 0.1) is 6.10 Å². The molecule has 0 aromatic rings. The predicted molar refractivity (Wildman–Crippen MR) is 85.1 cm³/mol. The summed E-state index contributed by atoms with van der Waals surface area (Å²) in [6, 6.07) is 0.789. The molecule has 2 rings (SSSR count). The fourth-order valence-corrected chi connectivity index (χ4v) is 3.94. The lowest BCUT2D eigenvalue weighted by Crippen LogP contribution is -2.45. The Hall–Kier alpha value is -0.120. The molecular weight excluding hydrogens is 248 g/mol. The Bertz CT molecular complexity index is 272. The molecule has 1 N–H and O–H groups in total. The Labute approximate surface area is 125 Å². The molecule has 0 aromatic carbocycles. The Morgan fingerprint density at radius 2 is 2.10 bits per heavy atom. The van der Waals surface area contributed by atoms with Crippen LogP contribution in [0.25, 0.3) is 0 Å². The van der Waals surface area contributed by atoms with Gasteiger partial charge in [-0.15, -0.1) is 0 Å². The highest BCUT2D eigenvalue weighted by Crippen LogP contribution is 2.29. The second kappa shape index (κ2) is 8.35. The topological polar surface area (TPSA) is 24.5 Å². The first-order valence-electron chi connectivity index (χ1n) is 8.73. The summed E-state index contributed by atoms with van der Waals surface area (Å²) in [6.07, 6.45) is 8.60. The first kappa shape index (κ1) is 16.3. The van der Waals surface area contributed by atoms with E-state index < -0.39 is 0 Å². The van der Waals surface area contributed by atoms with Crippen molar-refractivity contribution in [3.63, 3.8) is 0 Å². The SMILES string of the molecule is CCCNC1CCCC1CCN1CCC(C)C(OC)C1. The maximum absolute atomic E-state index is 5.63. The van der Waals surface area contributed by atoms with E-state index in [1.165, 1.54) is 58.2 Å². The molecule has 4 atom stereocenters. The van der Waals surface area contributed by atoms with Crippen LogP contribution in [-0.2, 0) is 4.74 Å². The van der Waals surface area contributed by atoms with Crippen molar-refractivity contribution >= 4 is 0 Å². The van der Waals surface area contributed by atoms with Crippen LogP contribution in [0.15, 0.2) is 0 Å². The zero-order valence-corrected chi connectivity index (χ0v) is 13.7. The normalized spacial score (nSPS) is 35.5. The van der Waals surface area contributed by atoms with Gasteiger partial charge in [-0.25, -0.2) is 0 Å². The van der Waals surface area contributed by atoms with Gasteiger partial charge in [0.25, 0.3) is 0 Å². The number of ether oxygens (including phenoxy) is 1. The zero-order chi connectivity index (χ0) is 14.4. The maximum atomic E-state index is 5.63. The van der Waals surface area contributed by atoms with Gasteiger partial charge in [0.2, 0.25) is 0 Å². The average Bonchev–Trinajstić information content (AvgIpc) is 2.91. The van der Waals surface area contributed by atoms with E-state index >= 15 is 0 Å². The quantitative estimate of drug-likeness (QED) is 0.777. The molecule has 1 saturated heterocycles. The molecule has 2 fully saturated rings. The van der Waals surface area contributed by atoms with Crippen LogP contribution in [-0.4, -0.2) is 50.3 Å². The molecule has 1 aliphatic heterocycles. The van der Waals surface area contributed by atoms with Crippen LogP contribution in [0.4, 0.5) is 0 Å². The van der Waals surface area contributed by atoms with E-state index in [1.54, 1.807) is 0 Å². The summed E-state index contributed by atoms with van der Waals surface area (Å²) in [7, 11) is 1.87. The highest BCUT2D eigenvalue weighted by atomic mass is 16.5. The maximum Gasteiger partial charge on any atom is 0.0724 e. The van der Waals surface area contributed by atoms with Crippen LogP contribution < -0.4 is 5.32 Å². The van der Waals surface area contributed by atoms with E-state index in [0.717, 1.165) is 24.4 Å². The minimum Gasteiger partial charge on any atom is -0.380 e. The van der Waals surface area contributed by atoms with Gasteiger partial charge in [0, 0.05) is 19.7 Å². The highest BCUT2D eigenvalue weighted by Gasteiger charge is 2.29. The number of nitrogens with one attached hydrogen (secondary N) is 1. The average molecular weight is 282 g/mol. The van der Waals surface area contributed by atoms with Crippen molar-refractivity contribution in [2.45, 2.75) is 64.5 Å². The molecule has 3 nitrogen and oxygen atoms in total. The summed E-state index contributed by atoms with van der Waals surface area (Å²) in [5.74, 6) is 1.63. The number of likely N-dealkylation sites (tertiary alicyclic amines) is 1. The van der Waals surface area contributed by atoms with Crippen LogP contribution in [0.1, 0.15) is 52.4 Å².